The summed E-state index contributed by atoms with van der Waals surface area (Å²) in [6.45, 7) is 0. The fraction of sp³-hybridized carbons (Fsp3) is 0.0588. The fourth-order valence-corrected chi connectivity index (χ4v) is 2.68. The quantitative estimate of drug-likeness (QED) is 0.374. The molecule has 0 aliphatic carbocycles. The van der Waals surface area contributed by atoms with Gasteiger partial charge in [0.2, 0.25) is 5.05 Å². The molecule has 2 aromatic carbocycles. The molecule has 1 aromatic heterocycles. The average molecular weight is 365 g/mol. The molecule has 0 aliphatic rings. The van der Waals surface area contributed by atoms with Gasteiger partial charge in [-0.15, -0.1) is 11.6 Å². The van der Waals surface area contributed by atoms with Crippen LogP contribution < -0.4 is 10.4 Å². The van der Waals surface area contributed by atoms with E-state index in [4.69, 9.17) is 44.6 Å². The topological polar surface area (TPSA) is 39.4 Å². The molecule has 0 saturated carbocycles. The molecule has 0 aliphatic heterocycles. The lowest BCUT2D eigenvalue weighted by Gasteiger charge is -2.07. The zero-order valence-electron chi connectivity index (χ0n) is 11.7. The van der Waals surface area contributed by atoms with E-state index in [-0.39, 0.29) is 10.6 Å². The molecule has 23 heavy (non-hydrogen) atoms. The van der Waals surface area contributed by atoms with Gasteiger partial charge in [0, 0.05) is 16.3 Å². The van der Waals surface area contributed by atoms with Gasteiger partial charge < -0.3 is 9.15 Å². The van der Waals surface area contributed by atoms with Gasteiger partial charge in [0.1, 0.15) is 16.9 Å². The largest absolute Gasteiger partial charge is 0.445 e. The van der Waals surface area contributed by atoms with Crippen LogP contribution in [0, 0.1) is 0 Å². The average Bonchev–Trinajstić information content (AvgIpc) is 2.53. The van der Waals surface area contributed by atoms with Crippen molar-refractivity contribution < 1.29 is 9.15 Å². The first-order valence-electron chi connectivity index (χ1n) is 6.67. The third-order valence-corrected chi connectivity index (χ3v) is 4.02. The standard InChI is InChI=1S/C17H10Cl2O3S/c18-9-10-4-5-15-11(6-10)7-14(16(20)22-15)17(23)21-13-3-1-2-12(19)8-13/h1-8H,9H2. The molecule has 0 saturated heterocycles. The maximum Gasteiger partial charge on any atom is 0.348 e. The van der Waals surface area contributed by atoms with Crippen LogP contribution >= 0.6 is 35.4 Å². The molecule has 6 heteroatoms. The van der Waals surface area contributed by atoms with Gasteiger partial charge in [-0.2, -0.15) is 0 Å². The molecule has 3 nitrogen and oxygen atoms in total. The van der Waals surface area contributed by atoms with E-state index in [0.29, 0.717) is 22.2 Å². The Morgan fingerprint density at radius 3 is 2.74 bits per heavy atom. The Bertz CT molecular complexity index is 950. The Kier molecular flexibility index (Phi) is 4.66. The molecule has 1 heterocycles. The molecule has 0 radical (unpaired) electrons. The van der Waals surface area contributed by atoms with Crippen LogP contribution in [0.15, 0.2) is 57.7 Å². The van der Waals surface area contributed by atoms with Gasteiger partial charge in [-0.05, 0) is 54.2 Å². The van der Waals surface area contributed by atoms with Crippen LogP contribution in [-0.2, 0) is 5.88 Å². The fourth-order valence-electron chi connectivity index (χ4n) is 2.09. The summed E-state index contributed by atoms with van der Waals surface area (Å²) < 4.78 is 10.8. The first-order chi connectivity index (χ1) is 11.1. The highest BCUT2D eigenvalue weighted by Gasteiger charge is 2.13. The van der Waals surface area contributed by atoms with E-state index in [9.17, 15) is 4.79 Å². The van der Waals surface area contributed by atoms with Gasteiger partial charge in [0.05, 0.1) is 0 Å². The Labute approximate surface area is 147 Å². The lowest BCUT2D eigenvalue weighted by atomic mass is 10.1. The van der Waals surface area contributed by atoms with Gasteiger partial charge in [0.25, 0.3) is 0 Å². The van der Waals surface area contributed by atoms with Crippen LogP contribution in [0.3, 0.4) is 0 Å². The number of hydrogen-bond acceptors (Lipinski definition) is 4. The van der Waals surface area contributed by atoms with Crippen LogP contribution in [-0.4, -0.2) is 5.05 Å². The van der Waals surface area contributed by atoms with Crippen LogP contribution in [0.4, 0.5) is 0 Å². The maximum atomic E-state index is 12.1. The van der Waals surface area contributed by atoms with Crippen molar-refractivity contribution in [2.45, 2.75) is 5.88 Å². The molecule has 0 spiro atoms. The van der Waals surface area contributed by atoms with E-state index in [1.54, 1.807) is 42.5 Å². The molecule has 3 rings (SSSR count). The van der Waals surface area contributed by atoms with Crippen molar-refractivity contribution in [2.24, 2.45) is 0 Å². The summed E-state index contributed by atoms with van der Waals surface area (Å²) in [7, 11) is 0. The number of thiocarbonyl (C=S) groups is 1. The summed E-state index contributed by atoms with van der Waals surface area (Å²) in [6.07, 6.45) is 0. The molecular weight excluding hydrogens is 355 g/mol. The summed E-state index contributed by atoms with van der Waals surface area (Å²) in [6, 6.07) is 13.8. The van der Waals surface area contributed by atoms with E-state index in [0.717, 1.165) is 10.9 Å². The number of fused-ring (bicyclic) bond motifs is 1. The lowest BCUT2D eigenvalue weighted by molar-refractivity contribution is 0.539. The number of benzene rings is 2. The molecule has 3 aromatic rings. The number of hydrogen-bond donors (Lipinski definition) is 0. The van der Waals surface area contributed by atoms with Crippen molar-refractivity contribution in [3.05, 3.63) is 75.1 Å². The first-order valence-corrected chi connectivity index (χ1v) is 7.99. The third kappa shape index (κ3) is 3.55. The molecule has 116 valence electrons. The molecule has 0 bridgehead atoms. The Morgan fingerprint density at radius 1 is 1.17 bits per heavy atom. The molecule has 0 amide bonds. The Balaban J connectivity index is 1.99. The number of ether oxygens (including phenoxy) is 1. The minimum atomic E-state index is -0.553. The lowest BCUT2D eigenvalue weighted by Crippen LogP contribution is -2.17. The summed E-state index contributed by atoms with van der Waals surface area (Å²) >= 11 is 16.9. The second-order valence-corrected chi connectivity index (χ2v) is 5.87. The molecule has 0 N–H and O–H groups in total. The highest BCUT2D eigenvalue weighted by molar-refractivity contribution is 7.80. The zero-order chi connectivity index (χ0) is 16.4. The van der Waals surface area contributed by atoms with Gasteiger partial charge in [-0.1, -0.05) is 23.7 Å². The predicted molar refractivity (Wildman–Crippen MR) is 95.8 cm³/mol. The van der Waals surface area contributed by atoms with Crippen LogP contribution in [0.25, 0.3) is 11.0 Å². The monoisotopic (exact) mass is 364 g/mol. The van der Waals surface area contributed by atoms with Gasteiger partial charge in [0.15, 0.2) is 0 Å². The second-order valence-electron chi connectivity index (χ2n) is 4.80. The van der Waals surface area contributed by atoms with Crippen molar-refractivity contribution >= 4 is 51.4 Å². The Morgan fingerprint density at radius 2 is 2.00 bits per heavy atom. The van der Waals surface area contributed by atoms with E-state index in [1.807, 2.05) is 6.07 Å². The minimum absolute atomic E-state index is 0.0270. The summed E-state index contributed by atoms with van der Waals surface area (Å²) in [4.78, 5) is 12.1. The van der Waals surface area contributed by atoms with Crippen molar-refractivity contribution in [3.8, 4) is 5.75 Å². The van der Waals surface area contributed by atoms with Crippen molar-refractivity contribution in [2.75, 3.05) is 0 Å². The minimum Gasteiger partial charge on any atom is -0.445 e. The van der Waals surface area contributed by atoms with Crippen LogP contribution in [0.2, 0.25) is 5.02 Å². The van der Waals surface area contributed by atoms with Gasteiger partial charge in [-0.3, -0.25) is 0 Å². The number of rotatable bonds is 3. The SMILES string of the molecule is O=c1oc2ccc(CCl)cc2cc1C(=S)Oc1cccc(Cl)c1. The zero-order valence-corrected chi connectivity index (χ0v) is 14.0. The summed E-state index contributed by atoms with van der Waals surface area (Å²) in [5, 5.41) is 1.27. The van der Waals surface area contributed by atoms with Crippen molar-refractivity contribution in [1.29, 1.82) is 0 Å². The van der Waals surface area contributed by atoms with E-state index >= 15 is 0 Å². The van der Waals surface area contributed by atoms with Gasteiger partial charge in [-0.25, -0.2) is 4.79 Å². The van der Waals surface area contributed by atoms with Crippen molar-refractivity contribution in [3.63, 3.8) is 0 Å². The summed E-state index contributed by atoms with van der Waals surface area (Å²) in [5.41, 5.74) is 1.01. The molecular formula is C17H10Cl2O3S. The second kappa shape index (κ2) is 6.71. The third-order valence-electron chi connectivity index (χ3n) is 3.18. The first kappa shape index (κ1) is 16.0. The molecule has 0 atom stereocenters. The van der Waals surface area contributed by atoms with Crippen LogP contribution in [0.1, 0.15) is 11.1 Å². The Hall–Kier alpha value is -1.88. The molecule has 0 fully saturated rings. The van der Waals surface area contributed by atoms with Gasteiger partial charge >= 0.3 is 5.63 Å². The number of halogens is 2. The highest BCUT2D eigenvalue weighted by Crippen LogP contribution is 2.20. The van der Waals surface area contributed by atoms with E-state index in [2.05, 4.69) is 0 Å². The smallest absolute Gasteiger partial charge is 0.348 e. The predicted octanol–water partition coefficient (Wildman–Crippen LogP) is 4.94. The normalized spacial score (nSPS) is 10.7. The van der Waals surface area contributed by atoms with Crippen molar-refractivity contribution in [1.82, 2.24) is 0 Å². The maximum absolute atomic E-state index is 12.1. The summed E-state index contributed by atoms with van der Waals surface area (Å²) in [5.74, 6) is 0.824. The van der Waals surface area contributed by atoms with E-state index < -0.39 is 5.63 Å². The van der Waals surface area contributed by atoms with E-state index in [1.165, 1.54) is 0 Å². The highest BCUT2D eigenvalue weighted by atomic mass is 35.5. The number of alkyl halides is 1. The molecule has 0 unspecified atom stereocenters. The van der Waals surface area contributed by atoms with Crippen LogP contribution in [0.5, 0.6) is 5.75 Å².